The highest BCUT2D eigenvalue weighted by Crippen LogP contribution is 2.32. The first-order valence-corrected chi connectivity index (χ1v) is 7.77. The molecule has 0 amide bonds. The molecule has 4 nitrogen and oxygen atoms in total. The van der Waals surface area contributed by atoms with E-state index in [1.165, 1.54) is 12.1 Å². The number of hydrogen-bond donors (Lipinski definition) is 2. The molecular weight excluding hydrogens is 319 g/mol. The zero-order valence-corrected chi connectivity index (χ0v) is 13.8. The lowest BCUT2D eigenvalue weighted by molar-refractivity contribution is -0.138. The topological polar surface area (TPSA) is 50.1 Å². The number of nitrogens with one attached hydrogen (secondary N) is 1. The van der Waals surface area contributed by atoms with Crippen LogP contribution in [0.5, 0.6) is 0 Å². The number of aliphatic hydroxyl groups is 1. The number of aliphatic hydroxyl groups excluding tert-OH is 1. The zero-order chi connectivity index (χ0) is 17.7. The SMILES string of the molecule is Cc1nn(C)cc1CNCC(CO)Cc1ccccc1C(F)(F)F. The van der Waals surface area contributed by atoms with Gasteiger partial charge in [0.25, 0.3) is 0 Å². The number of alkyl halides is 3. The Kier molecular flexibility index (Phi) is 6.01. The molecular formula is C17H22F3N3O. The molecule has 24 heavy (non-hydrogen) atoms. The van der Waals surface area contributed by atoms with Gasteiger partial charge in [-0.05, 0) is 30.9 Å². The van der Waals surface area contributed by atoms with Gasteiger partial charge >= 0.3 is 6.18 Å². The summed E-state index contributed by atoms with van der Waals surface area (Å²) in [6.07, 6.45) is -2.31. The number of nitrogens with zero attached hydrogens (tertiary/aromatic N) is 2. The molecule has 7 heteroatoms. The van der Waals surface area contributed by atoms with Gasteiger partial charge in [0.15, 0.2) is 0 Å². The first kappa shape index (κ1) is 18.5. The summed E-state index contributed by atoms with van der Waals surface area (Å²) in [6, 6.07) is 5.52. The Morgan fingerprint density at radius 2 is 1.96 bits per heavy atom. The van der Waals surface area contributed by atoms with Gasteiger partial charge in [0.2, 0.25) is 0 Å². The highest BCUT2D eigenvalue weighted by molar-refractivity contribution is 5.30. The van der Waals surface area contributed by atoms with Crippen molar-refractivity contribution in [3.63, 3.8) is 0 Å². The standard InChI is InChI=1S/C17H22F3N3O/c1-12-15(10-23(2)22-12)9-21-8-13(11-24)7-14-5-3-4-6-16(14)17(18,19)20/h3-6,10,13,21,24H,7-9,11H2,1-2H3. The van der Waals surface area contributed by atoms with E-state index in [2.05, 4.69) is 10.4 Å². The lowest BCUT2D eigenvalue weighted by atomic mass is 9.95. The van der Waals surface area contributed by atoms with E-state index in [1.54, 1.807) is 10.7 Å². The maximum Gasteiger partial charge on any atom is 0.416 e. The molecule has 0 aliphatic heterocycles. The van der Waals surface area contributed by atoms with Crippen LogP contribution < -0.4 is 5.32 Å². The fourth-order valence-corrected chi connectivity index (χ4v) is 2.72. The first-order valence-electron chi connectivity index (χ1n) is 7.77. The Balaban J connectivity index is 1.97. The lowest BCUT2D eigenvalue weighted by Gasteiger charge is -2.18. The Bertz CT molecular complexity index is 667. The van der Waals surface area contributed by atoms with Gasteiger partial charge in [-0.15, -0.1) is 0 Å². The van der Waals surface area contributed by atoms with Gasteiger partial charge < -0.3 is 10.4 Å². The van der Waals surface area contributed by atoms with Gasteiger partial charge in [-0.3, -0.25) is 4.68 Å². The van der Waals surface area contributed by atoms with Crippen molar-refractivity contribution in [2.75, 3.05) is 13.2 Å². The van der Waals surface area contributed by atoms with E-state index < -0.39 is 11.7 Å². The van der Waals surface area contributed by atoms with E-state index in [1.807, 2.05) is 20.2 Å². The molecule has 2 aromatic rings. The minimum absolute atomic E-state index is 0.172. The van der Waals surface area contributed by atoms with Crippen molar-refractivity contribution < 1.29 is 18.3 Å². The second-order valence-electron chi connectivity index (χ2n) is 5.95. The van der Waals surface area contributed by atoms with E-state index in [0.717, 1.165) is 17.3 Å². The van der Waals surface area contributed by atoms with E-state index in [4.69, 9.17) is 0 Å². The predicted octanol–water partition coefficient (Wildman–Crippen LogP) is 2.69. The van der Waals surface area contributed by atoms with Crippen LogP contribution in [-0.4, -0.2) is 28.0 Å². The molecule has 1 aromatic heterocycles. The van der Waals surface area contributed by atoms with Crippen LogP contribution >= 0.6 is 0 Å². The molecule has 1 unspecified atom stereocenters. The number of rotatable bonds is 7. The zero-order valence-electron chi connectivity index (χ0n) is 13.8. The molecule has 0 radical (unpaired) electrons. The van der Waals surface area contributed by atoms with E-state index in [9.17, 15) is 18.3 Å². The maximum absolute atomic E-state index is 13.0. The van der Waals surface area contributed by atoms with E-state index in [0.29, 0.717) is 13.1 Å². The predicted molar refractivity (Wildman–Crippen MR) is 85.4 cm³/mol. The molecule has 1 aromatic carbocycles. The lowest BCUT2D eigenvalue weighted by Crippen LogP contribution is -2.27. The van der Waals surface area contributed by atoms with Crippen molar-refractivity contribution in [1.82, 2.24) is 15.1 Å². The summed E-state index contributed by atoms with van der Waals surface area (Å²) in [6.45, 7) is 2.72. The molecule has 1 atom stereocenters. The molecule has 0 aliphatic rings. The molecule has 0 fully saturated rings. The third kappa shape index (κ3) is 4.82. The number of benzene rings is 1. The number of aromatic nitrogens is 2. The van der Waals surface area contributed by atoms with Crippen LogP contribution in [0.25, 0.3) is 0 Å². The Morgan fingerprint density at radius 1 is 1.25 bits per heavy atom. The molecule has 0 bridgehead atoms. The van der Waals surface area contributed by atoms with Crippen molar-refractivity contribution >= 4 is 0 Å². The number of aryl methyl sites for hydroxylation is 2. The van der Waals surface area contributed by atoms with Crippen molar-refractivity contribution in [3.8, 4) is 0 Å². The molecule has 0 aliphatic carbocycles. The van der Waals surface area contributed by atoms with Crippen molar-refractivity contribution in [1.29, 1.82) is 0 Å². The Hall–Kier alpha value is -1.86. The average Bonchev–Trinajstić information content (AvgIpc) is 2.83. The number of halogens is 3. The van der Waals surface area contributed by atoms with Gasteiger partial charge in [-0.25, -0.2) is 0 Å². The summed E-state index contributed by atoms with van der Waals surface area (Å²) < 4.78 is 40.8. The molecule has 0 spiro atoms. The highest BCUT2D eigenvalue weighted by atomic mass is 19.4. The van der Waals surface area contributed by atoms with Crippen molar-refractivity contribution in [3.05, 3.63) is 52.8 Å². The second kappa shape index (κ2) is 7.81. The van der Waals surface area contributed by atoms with Crippen LogP contribution in [0.15, 0.2) is 30.5 Å². The number of hydrogen-bond acceptors (Lipinski definition) is 3. The Labute approximate surface area is 139 Å². The third-order valence-electron chi connectivity index (χ3n) is 3.95. The largest absolute Gasteiger partial charge is 0.416 e. The summed E-state index contributed by atoms with van der Waals surface area (Å²) in [5.74, 6) is -0.287. The second-order valence-corrected chi connectivity index (χ2v) is 5.95. The van der Waals surface area contributed by atoms with Gasteiger partial charge in [0.05, 0.1) is 11.3 Å². The first-order chi connectivity index (χ1) is 11.3. The monoisotopic (exact) mass is 341 g/mol. The molecule has 0 saturated carbocycles. The third-order valence-corrected chi connectivity index (χ3v) is 3.95. The molecule has 2 N–H and O–H groups in total. The molecule has 0 saturated heterocycles. The maximum atomic E-state index is 13.0. The van der Waals surface area contributed by atoms with Crippen LogP contribution in [-0.2, 0) is 26.2 Å². The Morgan fingerprint density at radius 3 is 2.54 bits per heavy atom. The van der Waals surface area contributed by atoms with Crippen LogP contribution in [0.3, 0.4) is 0 Å². The summed E-state index contributed by atoms with van der Waals surface area (Å²) in [5, 5.41) is 16.9. The van der Waals surface area contributed by atoms with Crippen LogP contribution in [0, 0.1) is 12.8 Å². The normalized spacial score (nSPS) is 13.2. The molecule has 1 heterocycles. The van der Waals surface area contributed by atoms with Crippen molar-refractivity contribution in [2.24, 2.45) is 13.0 Å². The minimum atomic E-state index is -4.38. The average molecular weight is 341 g/mol. The van der Waals surface area contributed by atoms with Crippen LogP contribution in [0.1, 0.15) is 22.4 Å². The van der Waals surface area contributed by atoms with Gasteiger partial charge in [0.1, 0.15) is 0 Å². The molecule has 2 rings (SSSR count). The van der Waals surface area contributed by atoms with Gasteiger partial charge in [-0.2, -0.15) is 18.3 Å². The van der Waals surface area contributed by atoms with Crippen molar-refractivity contribution in [2.45, 2.75) is 26.1 Å². The smallest absolute Gasteiger partial charge is 0.396 e. The van der Waals surface area contributed by atoms with Crippen LogP contribution in [0.2, 0.25) is 0 Å². The summed E-state index contributed by atoms with van der Waals surface area (Å²) >= 11 is 0. The summed E-state index contributed by atoms with van der Waals surface area (Å²) in [4.78, 5) is 0. The van der Waals surface area contributed by atoms with Gasteiger partial charge in [0, 0.05) is 38.5 Å². The molecule has 132 valence electrons. The summed E-state index contributed by atoms with van der Waals surface area (Å²) in [5.41, 5.74) is 1.52. The fourth-order valence-electron chi connectivity index (χ4n) is 2.72. The minimum Gasteiger partial charge on any atom is -0.396 e. The highest BCUT2D eigenvalue weighted by Gasteiger charge is 2.33. The van der Waals surface area contributed by atoms with Crippen LogP contribution in [0.4, 0.5) is 13.2 Å². The quantitative estimate of drug-likeness (QED) is 0.814. The fraction of sp³-hybridized carbons (Fsp3) is 0.471. The van der Waals surface area contributed by atoms with E-state index in [-0.39, 0.29) is 24.5 Å². The van der Waals surface area contributed by atoms with Gasteiger partial charge in [-0.1, -0.05) is 18.2 Å². The van der Waals surface area contributed by atoms with E-state index >= 15 is 0 Å². The summed E-state index contributed by atoms with van der Waals surface area (Å²) in [7, 11) is 1.83.